The summed E-state index contributed by atoms with van der Waals surface area (Å²) in [6, 6.07) is 0. The van der Waals surface area contributed by atoms with Crippen LogP contribution in [0, 0.1) is 17.3 Å². The molecule has 0 aromatic heterocycles. The van der Waals surface area contributed by atoms with E-state index in [2.05, 4.69) is 39.8 Å². The molecule has 2 unspecified atom stereocenters. The largest absolute Gasteiger partial charge is 0.0851 e. The van der Waals surface area contributed by atoms with Gasteiger partial charge in [-0.2, -0.15) is 0 Å². The highest BCUT2D eigenvalue weighted by Gasteiger charge is 2.27. The number of hydrogen-bond acceptors (Lipinski definition) is 0. The fourth-order valence-corrected chi connectivity index (χ4v) is 1.58. The van der Waals surface area contributed by atoms with Crippen molar-refractivity contribution in [3.05, 3.63) is 12.2 Å². The SMILES string of the molecule is CC1C=CC(C)(C(C)C)CC1. The first-order chi connectivity index (χ1) is 5.04. The van der Waals surface area contributed by atoms with E-state index in [1.165, 1.54) is 12.8 Å². The number of rotatable bonds is 1. The molecule has 0 spiro atoms. The standard InChI is InChI=1S/C11H20/c1-9(2)11(4)7-5-10(3)6-8-11/h5,7,9-10H,6,8H2,1-4H3. The van der Waals surface area contributed by atoms with E-state index in [0.717, 1.165) is 11.8 Å². The third-order valence-electron chi connectivity index (χ3n) is 3.26. The van der Waals surface area contributed by atoms with Crippen LogP contribution in [0.2, 0.25) is 0 Å². The van der Waals surface area contributed by atoms with Crippen LogP contribution in [-0.2, 0) is 0 Å². The molecule has 0 saturated carbocycles. The van der Waals surface area contributed by atoms with Crippen LogP contribution in [0.4, 0.5) is 0 Å². The summed E-state index contributed by atoms with van der Waals surface area (Å²) in [5, 5.41) is 0. The predicted octanol–water partition coefficient (Wildman–Crippen LogP) is 3.63. The Bertz CT molecular complexity index is 155. The first kappa shape index (κ1) is 8.83. The van der Waals surface area contributed by atoms with Crippen LogP contribution in [0.1, 0.15) is 40.5 Å². The lowest BCUT2D eigenvalue weighted by atomic mass is 9.71. The van der Waals surface area contributed by atoms with Gasteiger partial charge < -0.3 is 0 Å². The molecule has 0 heterocycles. The Morgan fingerprint density at radius 3 is 2.45 bits per heavy atom. The topological polar surface area (TPSA) is 0 Å². The molecule has 0 N–H and O–H groups in total. The second-order valence-electron chi connectivity index (χ2n) is 4.54. The van der Waals surface area contributed by atoms with Crippen molar-refractivity contribution < 1.29 is 0 Å². The van der Waals surface area contributed by atoms with Crippen LogP contribution >= 0.6 is 0 Å². The molecule has 0 saturated heterocycles. The van der Waals surface area contributed by atoms with Crippen molar-refractivity contribution in [2.75, 3.05) is 0 Å². The lowest BCUT2D eigenvalue weighted by Gasteiger charge is -2.34. The van der Waals surface area contributed by atoms with Crippen molar-refractivity contribution >= 4 is 0 Å². The molecule has 1 rings (SSSR count). The molecule has 0 bridgehead atoms. The van der Waals surface area contributed by atoms with Gasteiger partial charge in [0.05, 0.1) is 0 Å². The number of allylic oxidation sites excluding steroid dienone is 2. The summed E-state index contributed by atoms with van der Waals surface area (Å²) >= 11 is 0. The zero-order chi connectivity index (χ0) is 8.48. The minimum Gasteiger partial charge on any atom is -0.0851 e. The van der Waals surface area contributed by atoms with Crippen molar-refractivity contribution in [3.8, 4) is 0 Å². The summed E-state index contributed by atoms with van der Waals surface area (Å²) in [5.74, 6) is 1.59. The van der Waals surface area contributed by atoms with E-state index in [1.54, 1.807) is 0 Å². The zero-order valence-corrected chi connectivity index (χ0v) is 8.22. The predicted molar refractivity (Wildman–Crippen MR) is 50.5 cm³/mol. The molecule has 0 radical (unpaired) electrons. The first-order valence-electron chi connectivity index (χ1n) is 4.74. The highest BCUT2D eigenvalue weighted by molar-refractivity contribution is 5.04. The second-order valence-corrected chi connectivity index (χ2v) is 4.54. The maximum Gasteiger partial charge on any atom is -0.0123 e. The molecule has 1 aliphatic carbocycles. The third-order valence-corrected chi connectivity index (χ3v) is 3.26. The van der Waals surface area contributed by atoms with Crippen molar-refractivity contribution in [2.45, 2.75) is 40.5 Å². The van der Waals surface area contributed by atoms with Gasteiger partial charge in [-0.1, -0.05) is 39.8 Å². The van der Waals surface area contributed by atoms with Crippen LogP contribution in [-0.4, -0.2) is 0 Å². The highest BCUT2D eigenvalue weighted by atomic mass is 14.3. The minimum atomic E-state index is 0.479. The van der Waals surface area contributed by atoms with Gasteiger partial charge in [0.1, 0.15) is 0 Å². The van der Waals surface area contributed by atoms with Gasteiger partial charge in [-0.15, -0.1) is 0 Å². The molecule has 0 nitrogen and oxygen atoms in total. The quantitative estimate of drug-likeness (QED) is 0.503. The van der Waals surface area contributed by atoms with Crippen LogP contribution in [0.15, 0.2) is 12.2 Å². The van der Waals surface area contributed by atoms with Gasteiger partial charge >= 0.3 is 0 Å². The minimum absolute atomic E-state index is 0.479. The Labute approximate surface area is 70.7 Å². The second kappa shape index (κ2) is 3.00. The summed E-state index contributed by atoms with van der Waals surface area (Å²) < 4.78 is 0. The fraction of sp³-hybridized carbons (Fsp3) is 0.818. The van der Waals surface area contributed by atoms with E-state index in [1.807, 2.05) is 0 Å². The van der Waals surface area contributed by atoms with Gasteiger partial charge in [-0.05, 0) is 30.1 Å². The van der Waals surface area contributed by atoms with E-state index < -0.39 is 0 Å². The van der Waals surface area contributed by atoms with E-state index in [0.29, 0.717) is 5.41 Å². The van der Waals surface area contributed by atoms with Crippen LogP contribution in [0.5, 0.6) is 0 Å². The summed E-state index contributed by atoms with van der Waals surface area (Å²) in [5.41, 5.74) is 0.479. The molecule has 1 aliphatic rings. The van der Waals surface area contributed by atoms with Crippen molar-refractivity contribution in [1.29, 1.82) is 0 Å². The molecule has 64 valence electrons. The third kappa shape index (κ3) is 1.85. The van der Waals surface area contributed by atoms with Crippen molar-refractivity contribution in [2.24, 2.45) is 17.3 Å². The van der Waals surface area contributed by atoms with E-state index in [-0.39, 0.29) is 0 Å². The maximum atomic E-state index is 2.42. The molecule has 0 amide bonds. The summed E-state index contributed by atoms with van der Waals surface area (Å²) in [6.45, 7) is 9.32. The Balaban J connectivity index is 2.68. The van der Waals surface area contributed by atoms with Crippen LogP contribution < -0.4 is 0 Å². The van der Waals surface area contributed by atoms with E-state index in [4.69, 9.17) is 0 Å². The van der Waals surface area contributed by atoms with Crippen LogP contribution in [0.3, 0.4) is 0 Å². The fourth-order valence-electron chi connectivity index (χ4n) is 1.58. The Morgan fingerprint density at radius 1 is 1.45 bits per heavy atom. The van der Waals surface area contributed by atoms with Crippen molar-refractivity contribution in [3.63, 3.8) is 0 Å². The zero-order valence-electron chi connectivity index (χ0n) is 8.22. The highest BCUT2D eigenvalue weighted by Crippen LogP contribution is 2.38. The molecule has 0 aliphatic heterocycles. The Kier molecular flexibility index (Phi) is 2.41. The molecule has 0 fully saturated rings. The lowest BCUT2D eigenvalue weighted by molar-refractivity contribution is 0.244. The van der Waals surface area contributed by atoms with Gasteiger partial charge in [0, 0.05) is 0 Å². The molecular weight excluding hydrogens is 132 g/mol. The first-order valence-corrected chi connectivity index (χ1v) is 4.74. The average Bonchev–Trinajstić information content (AvgIpc) is 1.95. The smallest absolute Gasteiger partial charge is 0.0123 e. The van der Waals surface area contributed by atoms with Gasteiger partial charge in [-0.25, -0.2) is 0 Å². The lowest BCUT2D eigenvalue weighted by Crippen LogP contribution is -2.24. The average molecular weight is 152 g/mol. The molecule has 0 aromatic rings. The summed E-state index contributed by atoms with van der Waals surface area (Å²) in [6.07, 6.45) is 7.53. The molecule has 11 heavy (non-hydrogen) atoms. The molecular formula is C11H20. The van der Waals surface area contributed by atoms with Gasteiger partial charge in [0.2, 0.25) is 0 Å². The van der Waals surface area contributed by atoms with E-state index in [9.17, 15) is 0 Å². The van der Waals surface area contributed by atoms with Crippen molar-refractivity contribution in [1.82, 2.24) is 0 Å². The summed E-state index contributed by atoms with van der Waals surface area (Å²) in [4.78, 5) is 0. The molecule has 2 atom stereocenters. The normalized spacial score (nSPS) is 38.1. The summed E-state index contributed by atoms with van der Waals surface area (Å²) in [7, 11) is 0. The molecule has 0 aromatic carbocycles. The maximum absolute atomic E-state index is 2.42. The number of hydrogen-bond donors (Lipinski definition) is 0. The Hall–Kier alpha value is -0.260. The van der Waals surface area contributed by atoms with Crippen LogP contribution in [0.25, 0.3) is 0 Å². The molecule has 0 heteroatoms. The van der Waals surface area contributed by atoms with E-state index >= 15 is 0 Å². The van der Waals surface area contributed by atoms with Gasteiger partial charge in [-0.3, -0.25) is 0 Å². The Morgan fingerprint density at radius 2 is 2.09 bits per heavy atom. The monoisotopic (exact) mass is 152 g/mol. The van der Waals surface area contributed by atoms with Gasteiger partial charge in [0.15, 0.2) is 0 Å². The van der Waals surface area contributed by atoms with Gasteiger partial charge in [0.25, 0.3) is 0 Å².